The highest BCUT2D eigenvalue weighted by molar-refractivity contribution is 5.78. The van der Waals surface area contributed by atoms with Crippen LogP contribution in [0.1, 0.15) is 31.2 Å². The molecule has 1 amide bonds. The summed E-state index contributed by atoms with van der Waals surface area (Å²) in [6.07, 6.45) is 5.02. The van der Waals surface area contributed by atoms with Gasteiger partial charge in [0.1, 0.15) is 5.82 Å². The number of benzene rings is 1. The molecule has 1 aromatic carbocycles. The number of hydrogen-bond donors (Lipinski definition) is 2. The molecule has 0 spiro atoms. The highest BCUT2D eigenvalue weighted by Gasteiger charge is 2.24. The fourth-order valence-corrected chi connectivity index (χ4v) is 3.01. The van der Waals surface area contributed by atoms with Crippen LogP contribution in [0.4, 0.5) is 4.39 Å². The third kappa shape index (κ3) is 5.59. The molecule has 5 heteroatoms. The van der Waals surface area contributed by atoms with Gasteiger partial charge in [-0.15, -0.1) is 0 Å². The van der Waals surface area contributed by atoms with Gasteiger partial charge in [-0.1, -0.05) is 12.1 Å². The van der Waals surface area contributed by atoms with Crippen LogP contribution in [-0.4, -0.2) is 43.0 Å². The Bertz CT molecular complexity index is 508. The zero-order valence-electron chi connectivity index (χ0n) is 13.6. The van der Waals surface area contributed by atoms with Crippen molar-refractivity contribution in [3.8, 4) is 0 Å². The van der Waals surface area contributed by atoms with Crippen molar-refractivity contribution < 1.29 is 9.18 Å². The topological polar surface area (TPSA) is 44.4 Å². The van der Waals surface area contributed by atoms with Gasteiger partial charge >= 0.3 is 0 Å². The van der Waals surface area contributed by atoms with Crippen molar-refractivity contribution in [1.82, 2.24) is 15.5 Å². The lowest BCUT2D eigenvalue weighted by Crippen LogP contribution is -2.46. The minimum atomic E-state index is -0.252. The van der Waals surface area contributed by atoms with Crippen molar-refractivity contribution in [1.29, 1.82) is 0 Å². The maximum Gasteiger partial charge on any atom is 0.234 e. The molecule has 0 aromatic heterocycles. The van der Waals surface area contributed by atoms with Gasteiger partial charge in [-0.3, -0.25) is 9.69 Å². The predicted molar refractivity (Wildman–Crippen MR) is 88.4 cm³/mol. The number of nitrogens with zero attached hydrogens (tertiary/aromatic N) is 1. The summed E-state index contributed by atoms with van der Waals surface area (Å²) in [7, 11) is 0. The molecule has 0 unspecified atom stereocenters. The standard InChI is InChI=1S/C18H26FN3O/c19-16-5-3-15(4-6-16)12-21-18(23)13-22-9-7-17(8-10-22)20-11-14-1-2-14/h3-6,14,17,20H,1-2,7-13H2,(H,21,23). The molecule has 1 aromatic rings. The number of carbonyl (C=O) groups excluding carboxylic acids is 1. The van der Waals surface area contributed by atoms with Crippen LogP contribution >= 0.6 is 0 Å². The largest absolute Gasteiger partial charge is 0.351 e. The number of likely N-dealkylation sites (tertiary alicyclic amines) is 1. The van der Waals surface area contributed by atoms with Gasteiger partial charge in [0, 0.05) is 25.7 Å². The molecular weight excluding hydrogens is 293 g/mol. The van der Waals surface area contributed by atoms with Gasteiger partial charge in [-0.05, 0) is 55.8 Å². The van der Waals surface area contributed by atoms with E-state index in [2.05, 4.69) is 15.5 Å². The minimum absolute atomic E-state index is 0.0405. The summed E-state index contributed by atoms with van der Waals surface area (Å²) in [6.45, 7) is 4.04. The smallest absolute Gasteiger partial charge is 0.234 e. The van der Waals surface area contributed by atoms with Gasteiger partial charge in [-0.25, -0.2) is 4.39 Å². The van der Waals surface area contributed by atoms with Gasteiger partial charge in [0.25, 0.3) is 0 Å². The Morgan fingerprint density at radius 1 is 1.13 bits per heavy atom. The monoisotopic (exact) mass is 319 g/mol. The van der Waals surface area contributed by atoms with E-state index in [1.807, 2.05) is 0 Å². The zero-order chi connectivity index (χ0) is 16.1. The lowest BCUT2D eigenvalue weighted by Gasteiger charge is -2.32. The van der Waals surface area contributed by atoms with Crippen molar-refractivity contribution >= 4 is 5.91 Å². The summed E-state index contributed by atoms with van der Waals surface area (Å²) >= 11 is 0. The Kier molecular flexibility index (Phi) is 5.62. The molecule has 2 fully saturated rings. The Hall–Kier alpha value is -1.46. The summed E-state index contributed by atoms with van der Waals surface area (Å²) < 4.78 is 12.8. The van der Waals surface area contributed by atoms with Crippen LogP contribution in [0.2, 0.25) is 0 Å². The number of nitrogens with one attached hydrogen (secondary N) is 2. The number of amides is 1. The van der Waals surface area contributed by atoms with Gasteiger partial charge in [0.2, 0.25) is 5.91 Å². The summed E-state index contributed by atoms with van der Waals surface area (Å²) in [5, 5.41) is 6.56. The van der Waals surface area contributed by atoms with Gasteiger partial charge in [0.05, 0.1) is 6.54 Å². The maximum absolute atomic E-state index is 12.8. The molecule has 0 atom stereocenters. The molecule has 0 radical (unpaired) electrons. The van der Waals surface area contributed by atoms with Crippen molar-refractivity contribution in [3.05, 3.63) is 35.6 Å². The maximum atomic E-state index is 12.8. The summed E-state index contributed by atoms with van der Waals surface area (Å²) in [5.41, 5.74) is 0.919. The van der Waals surface area contributed by atoms with Crippen LogP contribution in [0.15, 0.2) is 24.3 Å². The Labute approximate surface area is 137 Å². The number of carbonyl (C=O) groups is 1. The molecule has 0 bridgehead atoms. The number of hydrogen-bond acceptors (Lipinski definition) is 3. The van der Waals surface area contributed by atoms with Crippen LogP contribution in [0.25, 0.3) is 0 Å². The molecular formula is C18H26FN3O. The normalized spacial score (nSPS) is 19.7. The molecule has 3 rings (SSSR count). The molecule has 1 aliphatic carbocycles. The predicted octanol–water partition coefficient (Wildman–Crippen LogP) is 1.91. The van der Waals surface area contributed by atoms with Crippen LogP contribution in [0, 0.1) is 11.7 Å². The molecule has 1 aliphatic heterocycles. The molecule has 1 heterocycles. The molecule has 2 N–H and O–H groups in total. The number of piperidine rings is 1. The molecule has 4 nitrogen and oxygen atoms in total. The first-order chi connectivity index (χ1) is 11.2. The molecule has 2 aliphatic rings. The van der Waals surface area contributed by atoms with E-state index in [1.54, 1.807) is 12.1 Å². The van der Waals surface area contributed by atoms with Crippen LogP contribution < -0.4 is 10.6 Å². The van der Waals surface area contributed by atoms with E-state index < -0.39 is 0 Å². The Morgan fingerprint density at radius 2 is 1.83 bits per heavy atom. The van der Waals surface area contributed by atoms with Gasteiger partial charge < -0.3 is 10.6 Å². The average molecular weight is 319 g/mol. The van der Waals surface area contributed by atoms with Crippen LogP contribution in [0.5, 0.6) is 0 Å². The quantitative estimate of drug-likeness (QED) is 0.807. The van der Waals surface area contributed by atoms with Crippen LogP contribution in [0.3, 0.4) is 0 Å². The van der Waals surface area contributed by atoms with Crippen molar-refractivity contribution in [3.63, 3.8) is 0 Å². The van der Waals surface area contributed by atoms with Gasteiger partial charge in [0.15, 0.2) is 0 Å². The summed E-state index contributed by atoms with van der Waals surface area (Å²) in [6, 6.07) is 6.86. The van der Waals surface area contributed by atoms with E-state index in [0.29, 0.717) is 19.1 Å². The minimum Gasteiger partial charge on any atom is -0.351 e. The Balaban J connectivity index is 1.31. The highest BCUT2D eigenvalue weighted by atomic mass is 19.1. The lowest BCUT2D eigenvalue weighted by atomic mass is 10.0. The third-order valence-corrected chi connectivity index (χ3v) is 4.75. The second-order valence-corrected chi connectivity index (χ2v) is 6.81. The molecule has 1 saturated heterocycles. The molecule has 1 saturated carbocycles. The third-order valence-electron chi connectivity index (χ3n) is 4.75. The van der Waals surface area contributed by atoms with E-state index in [9.17, 15) is 9.18 Å². The van der Waals surface area contributed by atoms with Crippen LogP contribution in [-0.2, 0) is 11.3 Å². The average Bonchev–Trinajstić information content (AvgIpc) is 3.38. The van der Waals surface area contributed by atoms with E-state index in [0.717, 1.165) is 37.4 Å². The lowest BCUT2D eigenvalue weighted by molar-refractivity contribution is -0.122. The van der Waals surface area contributed by atoms with Crippen molar-refractivity contribution in [2.24, 2.45) is 5.92 Å². The first-order valence-corrected chi connectivity index (χ1v) is 8.66. The van der Waals surface area contributed by atoms with E-state index in [4.69, 9.17) is 0 Å². The fourth-order valence-electron chi connectivity index (χ4n) is 3.01. The van der Waals surface area contributed by atoms with Gasteiger partial charge in [-0.2, -0.15) is 0 Å². The number of halogens is 1. The van der Waals surface area contributed by atoms with E-state index in [-0.39, 0.29) is 11.7 Å². The first-order valence-electron chi connectivity index (χ1n) is 8.66. The number of rotatable bonds is 7. The zero-order valence-corrected chi connectivity index (χ0v) is 13.6. The summed E-state index contributed by atoms with van der Waals surface area (Å²) in [5.74, 6) is 0.710. The van der Waals surface area contributed by atoms with E-state index >= 15 is 0 Å². The Morgan fingerprint density at radius 3 is 2.48 bits per heavy atom. The fraction of sp³-hybridized carbons (Fsp3) is 0.611. The molecule has 126 valence electrons. The molecule has 23 heavy (non-hydrogen) atoms. The summed E-state index contributed by atoms with van der Waals surface area (Å²) in [4.78, 5) is 14.2. The van der Waals surface area contributed by atoms with E-state index in [1.165, 1.54) is 31.5 Å². The second-order valence-electron chi connectivity index (χ2n) is 6.81. The first kappa shape index (κ1) is 16.4. The highest BCUT2D eigenvalue weighted by Crippen LogP contribution is 2.28. The SMILES string of the molecule is O=C(CN1CCC(NCC2CC2)CC1)NCc1ccc(F)cc1. The second kappa shape index (κ2) is 7.88. The van der Waals surface area contributed by atoms with Crippen molar-refractivity contribution in [2.75, 3.05) is 26.2 Å². The van der Waals surface area contributed by atoms with Crippen molar-refractivity contribution in [2.45, 2.75) is 38.3 Å².